The zero-order valence-corrected chi connectivity index (χ0v) is 11.1. The number of nitriles is 1. The number of rotatable bonds is 6. The van der Waals surface area contributed by atoms with E-state index in [1.54, 1.807) is 6.92 Å². The van der Waals surface area contributed by atoms with E-state index in [-0.39, 0.29) is 18.0 Å². The van der Waals surface area contributed by atoms with Crippen LogP contribution in [0, 0.1) is 17.1 Å². The molecule has 0 radical (unpaired) electrons. The monoisotopic (exact) mass is 269 g/mol. The van der Waals surface area contributed by atoms with Gasteiger partial charge in [-0.25, -0.2) is 12.8 Å². The van der Waals surface area contributed by atoms with Crippen molar-refractivity contribution in [1.82, 2.24) is 0 Å². The van der Waals surface area contributed by atoms with Gasteiger partial charge in [-0.05, 0) is 30.5 Å². The van der Waals surface area contributed by atoms with Gasteiger partial charge in [0.2, 0.25) is 0 Å². The van der Waals surface area contributed by atoms with Gasteiger partial charge in [-0.2, -0.15) is 5.26 Å². The number of halogens is 1. The van der Waals surface area contributed by atoms with Crippen LogP contribution in [0.25, 0.3) is 0 Å². The lowest BCUT2D eigenvalue weighted by Gasteiger charge is -2.16. The molecule has 0 fully saturated rings. The highest BCUT2D eigenvalue weighted by molar-refractivity contribution is 7.91. The van der Waals surface area contributed by atoms with Gasteiger partial charge in [-0.15, -0.1) is 0 Å². The third-order valence-electron chi connectivity index (χ3n) is 2.76. The largest absolute Gasteiger partial charge is 0.228 e. The minimum Gasteiger partial charge on any atom is -0.228 e. The first kappa shape index (κ1) is 14.7. The van der Waals surface area contributed by atoms with E-state index >= 15 is 0 Å². The van der Waals surface area contributed by atoms with E-state index in [4.69, 9.17) is 5.26 Å². The van der Waals surface area contributed by atoms with Crippen LogP contribution in [-0.4, -0.2) is 14.2 Å². The molecule has 5 heteroatoms. The van der Waals surface area contributed by atoms with E-state index < -0.39 is 15.1 Å². The van der Waals surface area contributed by atoms with Crippen molar-refractivity contribution < 1.29 is 12.8 Å². The molecule has 0 aliphatic rings. The predicted molar refractivity (Wildman–Crippen MR) is 68.1 cm³/mol. The van der Waals surface area contributed by atoms with Crippen molar-refractivity contribution >= 4 is 9.84 Å². The van der Waals surface area contributed by atoms with Crippen molar-refractivity contribution in [2.75, 3.05) is 5.75 Å². The highest BCUT2D eigenvalue weighted by Crippen LogP contribution is 2.27. The quantitative estimate of drug-likeness (QED) is 0.746. The minimum atomic E-state index is -3.28. The minimum absolute atomic E-state index is 0.00353. The van der Waals surface area contributed by atoms with E-state index in [9.17, 15) is 12.8 Å². The van der Waals surface area contributed by atoms with Crippen LogP contribution in [0.15, 0.2) is 24.3 Å². The standard InChI is InChI=1S/C13H16FNO2S/c1-2-13(11-5-7-12(14)8-6-11)18(16,17)10-4-3-9-15/h5-8,13H,2-4,10H2,1H3. The van der Waals surface area contributed by atoms with Gasteiger partial charge < -0.3 is 0 Å². The van der Waals surface area contributed by atoms with Crippen LogP contribution in [0.3, 0.4) is 0 Å². The highest BCUT2D eigenvalue weighted by atomic mass is 32.2. The number of hydrogen-bond donors (Lipinski definition) is 0. The highest BCUT2D eigenvalue weighted by Gasteiger charge is 2.24. The molecule has 1 aromatic carbocycles. The second kappa shape index (κ2) is 6.50. The third kappa shape index (κ3) is 3.81. The van der Waals surface area contributed by atoms with Crippen molar-refractivity contribution in [3.05, 3.63) is 35.6 Å². The van der Waals surface area contributed by atoms with Crippen LogP contribution >= 0.6 is 0 Å². The molecule has 1 aromatic rings. The number of hydrogen-bond acceptors (Lipinski definition) is 3. The number of sulfone groups is 1. The van der Waals surface area contributed by atoms with Crippen LogP contribution in [0.2, 0.25) is 0 Å². The molecule has 0 aliphatic carbocycles. The SMILES string of the molecule is CCC(c1ccc(F)cc1)S(=O)(=O)CCCC#N. The van der Waals surface area contributed by atoms with Gasteiger partial charge in [0.15, 0.2) is 9.84 Å². The smallest absolute Gasteiger partial charge is 0.157 e. The number of nitrogens with zero attached hydrogens (tertiary/aromatic N) is 1. The van der Waals surface area contributed by atoms with Gasteiger partial charge in [0, 0.05) is 6.42 Å². The Balaban J connectivity index is 2.89. The van der Waals surface area contributed by atoms with E-state index in [0.29, 0.717) is 18.4 Å². The third-order valence-corrected chi connectivity index (χ3v) is 5.09. The summed E-state index contributed by atoms with van der Waals surface area (Å²) in [6.07, 6.45) is 1.02. The Labute approximate surface area is 107 Å². The molecule has 0 heterocycles. The van der Waals surface area contributed by atoms with Gasteiger partial charge in [0.05, 0.1) is 17.1 Å². The Morgan fingerprint density at radius 1 is 1.33 bits per heavy atom. The second-order valence-electron chi connectivity index (χ2n) is 4.08. The fourth-order valence-electron chi connectivity index (χ4n) is 1.87. The molecule has 1 rings (SSSR count). The zero-order valence-electron chi connectivity index (χ0n) is 10.3. The van der Waals surface area contributed by atoms with Crippen LogP contribution in [0.4, 0.5) is 4.39 Å². The molecular formula is C13H16FNO2S. The molecule has 0 saturated carbocycles. The Kier molecular flexibility index (Phi) is 5.29. The lowest BCUT2D eigenvalue weighted by Crippen LogP contribution is -2.16. The van der Waals surface area contributed by atoms with Gasteiger partial charge >= 0.3 is 0 Å². The van der Waals surface area contributed by atoms with E-state index in [1.165, 1.54) is 24.3 Å². The molecule has 3 nitrogen and oxygen atoms in total. The van der Waals surface area contributed by atoms with Crippen molar-refractivity contribution in [3.8, 4) is 6.07 Å². The van der Waals surface area contributed by atoms with Crippen LogP contribution in [0.1, 0.15) is 37.0 Å². The Bertz CT molecular complexity index is 517. The molecule has 0 aliphatic heterocycles. The van der Waals surface area contributed by atoms with Crippen molar-refractivity contribution in [2.24, 2.45) is 0 Å². The fourth-order valence-corrected chi connectivity index (χ4v) is 3.78. The lowest BCUT2D eigenvalue weighted by atomic mass is 10.1. The summed E-state index contributed by atoms with van der Waals surface area (Å²) in [6.45, 7) is 1.79. The second-order valence-corrected chi connectivity index (χ2v) is 6.38. The molecule has 0 aromatic heterocycles. The van der Waals surface area contributed by atoms with Gasteiger partial charge in [0.1, 0.15) is 5.82 Å². The van der Waals surface area contributed by atoms with Crippen LogP contribution < -0.4 is 0 Å². The molecule has 0 saturated heterocycles. The Morgan fingerprint density at radius 3 is 2.44 bits per heavy atom. The van der Waals surface area contributed by atoms with Crippen molar-refractivity contribution in [1.29, 1.82) is 5.26 Å². The van der Waals surface area contributed by atoms with Crippen LogP contribution in [-0.2, 0) is 9.84 Å². The summed E-state index contributed by atoms with van der Waals surface area (Å²) in [5, 5.41) is 7.81. The first-order chi connectivity index (χ1) is 8.51. The first-order valence-corrected chi connectivity index (χ1v) is 7.56. The molecule has 0 spiro atoms. The molecule has 0 bridgehead atoms. The van der Waals surface area contributed by atoms with Gasteiger partial charge in [-0.1, -0.05) is 19.1 Å². The lowest BCUT2D eigenvalue weighted by molar-refractivity contribution is 0.576. The average molecular weight is 269 g/mol. The molecule has 1 unspecified atom stereocenters. The summed E-state index contributed by atoms with van der Waals surface area (Å²) in [5.41, 5.74) is 0.607. The normalized spacial score (nSPS) is 12.9. The Hall–Kier alpha value is -1.41. The Morgan fingerprint density at radius 2 is 1.94 bits per heavy atom. The van der Waals surface area contributed by atoms with E-state index in [2.05, 4.69) is 0 Å². The number of benzene rings is 1. The topological polar surface area (TPSA) is 57.9 Å². The van der Waals surface area contributed by atoms with Crippen LogP contribution in [0.5, 0.6) is 0 Å². The maximum atomic E-state index is 12.8. The molecule has 98 valence electrons. The molecule has 1 atom stereocenters. The molecular weight excluding hydrogens is 253 g/mol. The maximum absolute atomic E-state index is 12.8. The van der Waals surface area contributed by atoms with Crippen molar-refractivity contribution in [3.63, 3.8) is 0 Å². The first-order valence-electron chi connectivity index (χ1n) is 5.85. The summed E-state index contributed by atoms with van der Waals surface area (Å²) in [5.74, 6) is -0.383. The van der Waals surface area contributed by atoms with E-state index in [1.807, 2.05) is 6.07 Å². The summed E-state index contributed by atoms with van der Waals surface area (Å²) in [4.78, 5) is 0. The molecule has 18 heavy (non-hydrogen) atoms. The van der Waals surface area contributed by atoms with Gasteiger partial charge in [0.25, 0.3) is 0 Å². The molecule has 0 amide bonds. The summed E-state index contributed by atoms with van der Waals surface area (Å²) < 4.78 is 37.1. The maximum Gasteiger partial charge on any atom is 0.157 e. The summed E-state index contributed by atoms with van der Waals surface area (Å²) >= 11 is 0. The van der Waals surface area contributed by atoms with Gasteiger partial charge in [-0.3, -0.25) is 0 Å². The molecule has 0 N–H and O–H groups in total. The fraction of sp³-hybridized carbons (Fsp3) is 0.462. The average Bonchev–Trinajstić information content (AvgIpc) is 2.32. The van der Waals surface area contributed by atoms with E-state index in [0.717, 1.165) is 0 Å². The van der Waals surface area contributed by atoms with Crippen molar-refractivity contribution in [2.45, 2.75) is 31.4 Å². The number of unbranched alkanes of at least 4 members (excludes halogenated alkanes) is 1. The summed E-state index contributed by atoms with van der Waals surface area (Å²) in [7, 11) is -3.28. The predicted octanol–water partition coefficient (Wildman–Crippen LogP) is 3.00. The summed E-state index contributed by atoms with van der Waals surface area (Å²) in [6, 6.07) is 7.47. The zero-order chi connectivity index (χ0) is 13.6.